The minimum absolute atomic E-state index is 0.207. The molecule has 1 aromatic heterocycles. The number of rotatable bonds is 2. The topological polar surface area (TPSA) is 45.8 Å². The second-order valence-corrected chi connectivity index (χ2v) is 4.80. The highest BCUT2D eigenvalue weighted by molar-refractivity contribution is 6.42. The molecule has 8 heteroatoms. The van der Waals surface area contributed by atoms with Crippen LogP contribution in [0.5, 0.6) is 0 Å². The van der Waals surface area contributed by atoms with Gasteiger partial charge in [-0.05, 0) is 17.7 Å². The summed E-state index contributed by atoms with van der Waals surface area (Å²) in [6.07, 6.45) is -4.21. The molecule has 2 aromatic rings. The van der Waals surface area contributed by atoms with Crippen LogP contribution in [0.1, 0.15) is 16.8 Å². The van der Waals surface area contributed by atoms with E-state index in [1.807, 2.05) is 0 Å². The number of nitrogens with zero attached hydrogens (tertiary/aromatic N) is 1. The van der Waals surface area contributed by atoms with Crippen molar-refractivity contribution in [1.82, 2.24) is 9.97 Å². The van der Waals surface area contributed by atoms with Gasteiger partial charge in [-0.15, -0.1) is 0 Å². The monoisotopic (exact) mass is 322 g/mol. The Morgan fingerprint density at radius 3 is 2.50 bits per heavy atom. The number of halogens is 5. The van der Waals surface area contributed by atoms with Crippen LogP contribution in [-0.4, -0.2) is 9.97 Å². The summed E-state index contributed by atoms with van der Waals surface area (Å²) in [5.41, 5.74) is -2.06. The number of alkyl halides is 3. The minimum atomic E-state index is -4.69. The van der Waals surface area contributed by atoms with Crippen molar-refractivity contribution in [3.63, 3.8) is 0 Å². The first kappa shape index (κ1) is 14.9. The standard InChI is InChI=1S/C12H7Cl2F3N2O/c13-8-2-1-6(4-9(8)14)3-7-10(12(15,16)17)18-5-19-11(7)20/h1-2,4-5H,3H2,(H,18,19,20). The van der Waals surface area contributed by atoms with Gasteiger partial charge in [0.25, 0.3) is 5.56 Å². The quantitative estimate of drug-likeness (QED) is 0.916. The number of benzene rings is 1. The maximum absolute atomic E-state index is 12.8. The van der Waals surface area contributed by atoms with Crippen LogP contribution in [0, 0.1) is 0 Å². The van der Waals surface area contributed by atoms with Crippen LogP contribution in [0.2, 0.25) is 10.0 Å². The van der Waals surface area contributed by atoms with E-state index in [1.54, 1.807) is 0 Å². The lowest BCUT2D eigenvalue weighted by Gasteiger charge is -2.10. The summed E-state index contributed by atoms with van der Waals surface area (Å²) < 4.78 is 38.4. The fraction of sp³-hybridized carbons (Fsp3) is 0.167. The van der Waals surface area contributed by atoms with E-state index in [0.29, 0.717) is 5.56 Å². The van der Waals surface area contributed by atoms with E-state index < -0.39 is 23.0 Å². The van der Waals surface area contributed by atoms with Crippen molar-refractivity contribution in [2.45, 2.75) is 12.6 Å². The number of hydrogen-bond acceptors (Lipinski definition) is 2. The Morgan fingerprint density at radius 2 is 1.90 bits per heavy atom. The highest BCUT2D eigenvalue weighted by Gasteiger charge is 2.36. The van der Waals surface area contributed by atoms with Gasteiger partial charge in [0.1, 0.15) is 0 Å². The van der Waals surface area contributed by atoms with Crippen LogP contribution in [-0.2, 0) is 12.6 Å². The third-order valence-corrected chi connectivity index (χ3v) is 3.32. The molecule has 0 radical (unpaired) electrons. The van der Waals surface area contributed by atoms with Crippen molar-refractivity contribution in [2.24, 2.45) is 0 Å². The Bertz CT molecular complexity index is 698. The summed E-state index contributed by atoms with van der Waals surface area (Å²) in [5.74, 6) is 0. The van der Waals surface area contributed by atoms with Gasteiger partial charge in [0.05, 0.1) is 21.9 Å². The molecule has 0 spiro atoms. The molecular weight excluding hydrogens is 316 g/mol. The first-order valence-electron chi connectivity index (χ1n) is 5.36. The number of nitrogens with one attached hydrogen (secondary N) is 1. The Kier molecular flexibility index (Phi) is 4.06. The zero-order valence-corrected chi connectivity index (χ0v) is 11.3. The minimum Gasteiger partial charge on any atom is -0.313 e. The second kappa shape index (κ2) is 5.46. The molecule has 0 saturated carbocycles. The smallest absolute Gasteiger partial charge is 0.313 e. The van der Waals surface area contributed by atoms with Crippen LogP contribution in [0.15, 0.2) is 29.3 Å². The highest BCUT2D eigenvalue weighted by atomic mass is 35.5. The first-order valence-corrected chi connectivity index (χ1v) is 6.12. The van der Waals surface area contributed by atoms with E-state index in [4.69, 9.17) is 23.2 Å². The number of aromatic nitrogens is 2. The van der Waals surface area contributed by atoms with Gasteiger partial charge in [-0.2, -0.15) is 13.2 Å². The summed E-state index contributed by atoms with van der Waals surface area (Å²) in [7, 11) is 0. The van der Waals surface area contributed by atoms with Gasteiger partial charge in [0.2, 0.25) is 0 Å². The van der Waals surface area contributed by atoms with Crippen LogP contribution < -0.4 is 5.56 Å². The highest BCUT2D eigenvalue weighted by Crippen LogP contribution is 2.30. The Hall–Kier alpha value is -1.53. The lowest BCUT2D eigenvalue weighted by atomic mass is 10.0. The number of aromatic amines is 1. The molecule has 1 heterocycles. The van der Waals surface area contributed by atoms with Crippen LogP contribution in [0.25, 0.3) is 0 Å². The molecule has 2 rings (SSSR count). The summed E-state index contributed by atoms with van der Waals surface area (Å²) in [5, 5.41) is 0.490. The van der Waals surface area contributed by atoms with Crippen molar-refractivity contribution in [2.75, 3.05) is 0 Å². The molecule has 1 aromatic carbocycles. The SMILES string of the molecule is O=c1[nH]cnc(C(F)(F)F)c1Cc1ccc(Cl)c(Cl)c1. The van der Waals surface area contributed by atoms with Gasteiger partial charge in [-0.3, -0.25) is 4.79 Å². The van der Waals surface area contributed by atoms with Crippen molar-refractivity contribution in [1.29, 1.82) is 0 Å². The molecule has 3 nitrogen and oxygen atoms in total. The predicted octanol–water partition coefficient (Wildman–Crippen LogP) is 3.69. The van der Waals surface area contributed by atoms with Crippen LogP contribution in [0.4, 0.5) is 13.2 Å². The van der Waals surface area contributed by atoms with E-state index in [0.717, 1.165) is 6.33 Å². The third-order valence-electron chi connectivity index (χ3n) is 2.58. The van der Waals surface area contributed by atoms with Crippen molar-refractivity contribution >= 4 is 23.2 Å². The predicted molar refractivity (Wildman–Crippen MR) is 69.1 cm³/mol. The molecule has 1 N–H and O–H groups in total. The van der Waals surface area contributed by atoms with Gasteiger partial charge >= 0.3 is 6.18 Å². The summed E-state index contributed by atoms with van der Waals surface area (Å²) in [6, 6.07) is 4.37. The van der Waals surface area contributed by atoms with Gasteiger partial charge in [-0.1, -0.05) is 29.3 Å². The molecule has 0 fully saturated rings. The molecule has 0 aliphatic rings. The van der Waals surface area contributed by atoms with Crippen molar-refractivity contribution < 1.29 is 13.2 Å². The molecule has 0 amide bonds. The molecule has 0 aliphatic heterocycles. The molecule has 0 bridgehead atoms. The Balaban J connectivity index is 2.48. The van der Waals surface area contributed by atoms with E-state index in [9.17, 15) is 18.0 Å². The zero-order chi connectivity index (χ0) is 14.9. The van der Waals surface area contributed by atoms with Gasteiger partial charge in [0.15, 0.2) is 5.69 Å². The molecule has 0 atom stereocenters. The maximum atomic E-state index is 12.8. The lowest BCUT2D eigenvalue weighted by molar-refractivity contribution is -0.141. The average molecular weight is 323 g/mol. The van der Waals surface area contributed by atoms with Gasteiger partial charge < -0.3 is 4.98 Å². The first-order chi connectivity index (χ1) is 9.29. The number of H-pyrrole nitrogens is 1. The summed E-state index contributed by atoms with van der Waals surface area (Å²) in [4.78, 5) is 16.9. The second-order valence-electron chi connectivity index (χ2n) is 3.98. The fourth-order valence-electron chi connectivity index (χ4n) is 1.69. The molecule has 0 saturated heterocycles. The fourth-order valence-corrected chi connectivity index (χ4v) is 2.01. The number of hydrogen-bond donors (Lipinski definition) is 1. The summed E-state index contributed by atoms with van der Waals surface area (Å²) in [6.45, 7) is 0. The molecule has 0 aliphatic carbocycles. The molecule has 20 heavy (non-hydrogen) atoms. The largest absolute Gasteiger partial charge is 0.433 e. The average Bonchev–Trinajstić information content (AvgIpc) is 2.35. The maximum Gasteiger partial charge on any atom is 0.433 e. The van der Waals surface area contributed by atoms with E-state index in [-0.39, 0.29) is 16.5 Å². The zero-order valence-electron chi connectivity index (χ0n) is 9.76. The van der Waals surface area contributed by atoms with Crippen molar-refractivity contribution in [3.8, 4) is 0 Å². The van der Waals surface area contributed by atoms with Crippen molar-refractivity contribution in [3.05, 3.63) is 61.7 Å². The van der Waals surface area contributed by atoms with E-state index >= 15 is 0 Å². The van der Waals surface area contributed by atoms with E-state index in [1.165, 1.54) is 18.2 Å². The Morgan fingerprint density at radius 1 is 1.20 bits per heavy atom. The van der Waals surface area contributed by atoms with Gasteiger partial charge in [-0.25, -0.2) is 4.98 Å². The van der Waals surface area contributed by atoms with Gasteiger partial charge in [0, 0.05) is 6.42 Å². The Labute approximate surface area is 121 Å². The third kappa shape index (κ3) is 3.13. The molecular formula is C12H7Cl2F3N2O. The normalized spacial score (nSPS) is 11.7. The molecule has 0 unspecified atom stereocenters. The molecule has 106 valence electrons. The summed E-state index contributed by atoms with van der Waals surface area (Å²) >= 11 is 11.5. The lowest BCUT2D eigenvalue weighted by Crippen LogP contribution is -2.22. The van der Waals surface area contributed by atoms with E-state index in [2.05, 4.69) is 9.97 Å². The van der Waals surface area contributed by atoms with Crippen LogP contribution in [0.3, 0.4) is 0 Å². The van der Waals surface area contributed by atoms with Crippen LogP contribution >= 0.6 is 23.2 Å².